The molecule has 96 valence electrons. The molecule has 0 radical (unpaired) electrons. The van der Waals surface area contributed by atoms with Crippen LogP contribution in [-0.4, -0.2) is 9.55 Å². The lowest BCUT2D eigenvalue weighted by molar-refractivity contribution is 1.11. The first-order valence-corrected chi connectivity index (χ1v) is 7.00. The number of hydrogen-bond donors (Lipinski definition) is 1. The molecule has 0 amide bonds. The molecule has 0 saturated heterocycles. The molecule has 6 heteroatoms. The molecule has 19 heavy (non-hydrogen) atoms. The van der Waals surface area contributed by atoms with E-state index >= 15 is 0 Å². The van der Waals surface area contributed by atoms with Gasteiger partial charge in [0.1, 0.15) is 0 Å². The van der Waals surface area contributed by atoms with E-state index in [0.29, 0.717) is 16.0 Å². The summed E-state index contributed by atoms with van der Waals surface area (Å²) in [7, 11) is 0. The van der Waals surface area contributed by atoms with Crippen LogP contribution in [0.25, 0.3) is 16.7 Å². The molecule has 0 aliphatic heterocycles. The number of para-hydroxylation sites is 1. The predicted molar refractivity (Wildman–Crippen MR) is 83.2 cm³/mol. The predicted octanol–water partition coefficient (Wildman–Crippen LogP) is 4.68. The van der Waals surface area contributed by atoms with Crippen LogP contribution in [0.4, 0.5) is 5.95 Å². The van der Waals surface area contributed by atoms with E-state index < -0.39 is 0 Å². The van der Waals surface area contributed by atoms with Crippen LogP contribution in [0.2, 0.25) is 10.0 Å². The highest BCUT2D eigenvalue weighted by molar-refractivity contribution is 9.10. The summed E-state index contributed by atoms with van der Waals surface area (Å²) >= 11 is 15.6. The molecular weight excluding hydrogens is 349 g/mol. The fourth-order valence-corrected chi connectivity index (χ4v) is 2.73. The van der Waals surface area contributed by atoms with Gasteiger partial charge in [-0.05, 0) is 46.3 Å². The average Bonchev–Trinajstić information content (AvgIpc) is 2.70. The molecule has 0 unspecified atom stereocenters. The van der Waals surface area contributed by atoms with Gasteiger partial charge in [0.05, 0.1) is 26.8 Å². The number of fused-ring (bicyclic) bond motifs is 1. The van der Waals surface area contributed by atoms with Crippen LogP contribution in [-0.2, 0) is 0 Å². The highest BCUT2D eigenvalue weighted by Gasteiger charge is 2.13. The zero-order chi connectivity index (χ0) is 13.6. The van der Waals surface area contributed by atoms with Gasteiger partial charge in [0.2, 0.25) is 5.95 Å². The Morgan fingerprint density at radius 3 is 2.63 bits per heavy atom. The number of halogens is 3. The molecule has 1 aromatic heterocycles. The van der Waals surface area contributed by atoms with Gasteiger partial charge in [-0.3, -0.25) is 4.57 Å². The molecule has 0 aliphatic carbocycles. The fourth-order valence-electron chi connectivity index (χ4n) is 1.99. The molecule has 3 nitrogen and oxygen atoms in total. The van der Waals surface area contributed by atoms with E-state index in [-0.39, 0.29) is 0 Å². The number of anilines is 1. The van der Waals surface area contributed by atoms with Gasteiger partial charge in [0.25, 0.3) is 0 Å². The fraction of sp³-hybridized carbons (Fsp3) is 0. The molecule has 3 aromatic rings. The number of nitrogens with two attached hydrogens (primary N) is 1. The standard InChI is InChI=1S/C13H8BrCl2N3/c14-8-6-7(4-5-9(8)15)19-12-10(16)2-1-3-11(12)18-13(19)17/h1-6H,(H2,17,18). The largest absolute Gasteiger partial charge is 0.369 e. The van der Waals surface area contributed by atoms with Gasteiger partial charge >= 0.3 is 0 Å². The van der Waals surface area contributed by atoms with Crippen molar-refractivity contribution in [2.24, 2.45) is 0 Å². The first-order valence-electron chi connectivity index (χ1n) is 5.46. The van der Waals surface area contributed by atoms with Crippen molar-refractivity contribution in [3.63, 3.8) is 0 Å². The van der Waals surface area contributed by atoms with Crippen molar-refractivity contribution in [3.8, 4) is 5.69 Å². The molecule has 1 heterocycles. The number of nitrogens with zero attached hydrogens (tertiary/aromatic N) is 2. The van der Waals surface area contributed by atoms with Crippen LogP contribution in [0.1, 0.15) is 0 Å². The lowest BCUT2D eigenvalue weighted by Gasteiger charge is -2.08. The van der Waals surface area contributed by atoms with Crippen molar-refractivity contribution >= 4 is 56.1 Å². The van der Waals surface area contributed by atoms with E-state index in [1.807, 2.05) is 30.3 Å². The number of hydrogen-bond acceptors (Lipinski definition) is 2. The summed E-state index contributed by atoms with van der Waals surface area (Å²) in [5.41, 5.74) is 8.39. The van der Waals surface area contributed by atoms with Crippen molar-refractivity contribution < 1.29 is 0 Å². The van der Waals surface area contributed by atoms with E-state index in [0.717, 1.165) is 21.2 Å². The SMILES string of the molecule is Nc1nc2cccc(Cl)c2n1-c1ccc(Cl)c(Br)c1. The van der Waals surface area contributed by atoms with Crippen molar-refractivity contribution in [2.45, 2.75) is 0 Å². The minimum absolute atomic E-state index is 0.386. The van der Waals surface area contributed by atoms with Crippen molar-refractivity contribution in [3.05, 3.63) is 50.9 Å². The van der Waals surface area contributed by atoms with E-state index in [1.165, 1.54) is 0 Å². The third kappa shape index (κ3) is 2.10. The molecule has 3 rings (SSSR count). The van der Waals surface area contributed by atoms with Crippen molar-refractivity contribution in [2.75, 3.05) is 5.73 Å². The quantitative estimate of drug-likeness (QED) is 0.688. The van der Waals surface area contributed by atoms with Gasteiger partial charge < -0.3 is 5.73 Å². The Bertz CT molecular complexity index is 783. The highest BCUT2D eigenvalue weighted by atomic mass is 79.9. The van der Waals surface area contributed by atoms with Crippen molar-refractivity contribution in [1.82, 2.24) is 9.55 Å². The second-order valence-electron chi connectivity index (χ2n) is 4.01. The molecule has 0 aliphatic rings. The lowest BCUT2D eigenvalue weighted by Crippen LogP contribution is -2.00. The molecular formula is C13H8BrCl2N3. The van der Waals surface area contributed by atoms with Gasteiger partial charge in [-0.25, -0.2) is 4.98 Å². The third-order valence-corrected chi connectivity index (χ3v) is 4.33. The molecule has 0 spiro atoms. The average molecular weight is 357 g/mol. The molecule has 0 saturated carbocycles. The van der Waals surface area contributed by atoms with E-state index in [2.05, 4.69) is 20.9 Å². The number of aromatic nitrogens is 2. The zero-order valence-electron chi connectivity index (χ0n) is 9.57. The van der Waals surface area contributed by atoms with E-state index in [4.69, 9.17) is 28.9 Å². The number of imidazole rings is 1. The first kappa shape index (κ1) is 12.8. The summed E-state index contributed by atoms with van der Waals surface area (Å²) in [6.07, 6.45) is 0. The highest BCUT2D eigenvalue weighted by Crippen LogP contribution is 2.31. The Hall–Kier alpha value is -1.23. The smallest absolute Gasteiger partial charge is 0.205 e. The van der Waals surface area contributed by atoms with Crippen molar-refractivity contribution in [1.29, 1.82) is 0 Å². The summed E-state index contributed by atoms with van der Waals surface area (Å²) in [6, 6.07) is 11.1. The molecule has 0 bridgehead atoms. The van der Waals surface area contributed by atoms with Crippen LogP contribution in [0.3, 0.4) is 0 Å². The topological polar surface area (TPSA) is 43.8 Å². The van der Waals surface area contributed by atoms with Gasteiger partial charge in [0.15, 0.2) is 0 Å². The minimum atomic E-state index is 0.386. The van der Waals surface area contributed by atoms with E-state index in [1.54, 1.807) is 10.6 Å². The van der Waals surface area contributed by atoms with E-state index in [9.17, 15) is 0 Å². The van der Waals surface area contributed by atoms with Crippen LogP contribution >= 0.6 is 39.1 Å². The number of nitrogen functional groups attached to an aromatic ring is 1. The normalized spacial score (nSPS) is 11.1. The van der Waals surface area contributed by atoms with Gasteiger partial charge in [-0.2, -0.15) is 0 Å². The van der Waals surface area contributed by atoms with Crippen LogP contribution < -0.4 is 5.73 Å². The summed E-state index contributed by atoms with van der Waals surface area (Å²) in [5.74, 6) is 0.386. The summed E-state index contributed by atoms with van der Waals surface area (Å²) in [5, 5.41) is 1.24. The van der Waals surface area contributed by atoms with Crippen LogP contribution in [0.5, 0.6) is 0 Å². The Kier molecular flexibility index (Phi) is 3.17. The third-order valence-electron chi connectivity index (χ3n) is 2.81. The summed E-state index contributed by atoms with van der Waals surface area (Å²) in [6.45, 7) is 0. The molecule has 2 N–H and O–H groups in total. The number of rotatable bonds is 1. The monoisotopic (exact) mass is 355 g/mol. The van der Waals surface area contributed by atoms with Crippen LogP contribution in [0.15, 0.2) is 40.9 Å². The minimum Gasteiger partial charge on any atom is -0.369 e. The Morgan fingerprint density at radius 1 is 1.11 bits per heavy atom. The molecule has 2 aromatic carbocycles. The summed E-state index contributed by atoms with van der Waals surface area (Å²) < 4.78 is 2.60. The number of benzene rings is 2. The maximum Gasteiger partial charge on any atom is 0.205 e. The van der Waals surface area contributed by atoms with Gasteiger partial charge in [-0.15, -0.1) is 0 Å². The lowest BCUT2D eigenvalue weighted by atomic mass is 10.3. The Balaban J connectivity index is 2.35. The first-order chi connectivity index (χ1) is 9.08. The maximum absolute atomic E-state index is 6.24. The van der Waals surface area contributed by atoms with Gasteiger partial charge in [-0.1, -0.05) is 29.3 Å². The second kappa shape index (κ2) is 4.71. The second-order valence-corrected chi connectivity index (χ2v) is 5.68. The molecule has 0 atom stereocenters. The maximum atomic E-state index is 6.24. The van der Waals surface area contributed by atoms with Gasteiger partial charge in [0, 0.05) is 4.47 Å². The van der Waals surface area contributed by atoms with Crippen LogP contribution in [0, 0.1) is 0 Å². The zero-order valence-corrected chi connectivity index (χ0v) is 12.7. The Labute approximate surface area is 128 Å². The molecule has 0 fully saturated rings. The Morgan fingerprint density at radius 2 is 1.89 bits per heavy atom. The summed E-state index contributed by atoms with van der Waals surface area (Å²) in [4.78, 5) is 4.31.